The maximum atomic E-state index is 9.00. The normalized spacial score (nSPS) is 10.4. The first-order chi connectivity index (χ1) is 9.97. The first-order valence-corrected chi connectivity index (χ1v) is 11.6. The SMILES string of the molecule is CC(=O)O.CCCC[P+](CCCC)(CCCC)CCCC.P. The molecule has 4 heteroatoms. The van der Waals surface area contributed by atoms with Crippen molar-refractivity contribution in [2.45, 2.75) is 86.0 Å². The van der Waals surface area contributed by atoms with Crippen molar-refractivity contribution in [3.8, 4) is 0 Å². The number of carboxylic acid groups (broad SMARTS) is 1. The van der Waals surface area contributed by atoms with Crippen molar-refractivity contribution in [1.29, 1.82) is 0 Å². The van der Waals surface area contributed by atoms with E-state index in [0.717, 1.165) is 6.92 Å². The molecule has 1 atom stereocenters. The molecule has 0 amide bonds. The van der Waals surface area contributed by atoms with Crippen LogP contribution < -0.4 is 0 Å². The third-order valence-corrected chi connectivity index (χ3v) is 9.00. The van der Waals surface area contributed by atoms with E-state index in [2.05, 4.69) is 27.7 Å². The topological polar surface area (TPSA) is 37.3 Å². The van der Waals surface area contributed by atoms with E-state index in [-0.39, 0.29) is 9.90 Å². The van der Waals surface area contributed by atoms with Crippen LogP contribution in [-0.4, -0.2) is 35.7 Å². The fourth-order valence-electron chi connectivity index (χ4n) is 2.64. The van der Waals surface area contributed by atoms with Crippen LogP contribution in [0.25, 0.3) is 0 Å². The molecule has 0 spiro atoms. The van der Waals surface area contributed by atoms with Gasteiger partial charge in [-0.3, -0.25) is 4.79 Å². The molecule has 0 fully saturated rings. The molecule has 0 aromatic heterocycles. The Balaban J connectivity index is -0.000000640. The molecule has 1 N–H and O–H groups in total. The molecule has 0 bridgehead atoms. The lowest BCUT2D eigenvalue weighted by atomic mass is 10.4. The maximum Gasteiger partial charge on any atom is 0.300 e. The maximum absolute atomic E-state index is 9.00. The van der Waals surface area contributed by atoms with Crippen molar-refractivity contribution in [2.75, 3.05) is 24.6 Å². The van der Waals surface area contributed by atoms with Gasteiger partial charge >= 0.3 is 0 Å². The molecule has 136 valence electrons. The fourth-order valence-corrected chi connectivity index (χ4v) is 7.93. The lowest BCUT2D eigenvalue weighted by Gasteiger charge is -2.28. The van der Waals surface area contributed by atoms with E-state index in [0.29, 0.717) is 0 Å². The Kier molecular flexibility index (Phi) is 23.9. The second-order valence-corrected chi connectivity index (χ2v) is 10.6. The Hall–Kier alpha value is 0.330. The minimum Gasteiger partial charge on any atom is -0.481 e. The van der Waals surface area contributed by atoms with Gasteiger partial charge in [-0.1, -0.05) is 53.4 Å². The Bertz CT molecular complexity index is 192. The van der Waals surface area contributed by atoms with Crippen molar-refractivity contribution in [1.82, 2.24) is 0 Å². The highest BCUT2D eigenvalue weighted by molar-refractivity contribution is 7.75. The number of rotatable bonds is 12. The van der Waals surface area contributed by atoms with Gasteiger partial charge in [-0.05, 0) is 25.7 Å². The molecule has 0 aliphatic heterocycles. The van der Waals surface area contributed by atoms with Gasteiger partial charge in [0.05, 0.1) is 24.6 Å². The summed E-state index contributed by atoms with van der Waals surface area (Å²) in [6.07, 6.45) is 17.9. The number of carboxylic acids is 1. The second kappa shape index (κ2) is 19.4. The molecule has 0 aliphatic rings. The van der Waals surface area contributed by atoms with Crippen LogP contribution in [0.2, 0.25) is 0 Å². The molecule has 0 aromatic carbocycles. The summed E-state index contributed by atoms with van der Waals surface area (Å²) < 4.78 is 0. The summed E-state index contributed by atoms with van der Waals surface area (Å²) in [5.74, 6) is -0.833. The third kappa shape index (κ3) is 18.4. The van der Waals surface area contributed by atoms with Gasteiger partial charge < -0.3 is 5.11 Å². The van der Waals surface area contributed by atoms with Crippen LogP contribution in [0.5, 0.6) is 0 Å². The molecule has 0 radical (unpaired) electrons. The monoisotopic (exact) mass is 353 g/mol. The fraction of sp³-hybridized carbons (Fsp3) is 0.944. The molecule has 0 saturated carbocycles. The summed E-state index contributed by atoms with van der Waals surface area (Å²) in [5, 5.41) is 7.42. The van der Waals surface area contributed by atoms with Crippen molar-refractivity contribution in [2.24, 2.45) is 0 Å². The van der Waals surface area contributed by atoms with Gasteiger partial charge in [0.25, 0.3) is 5.97 Å². The van der Waals surface area contributed by atoms with Crippen molar-refractivity contribution < 1.29 is 9.90 Å². The lowest BCUT2D eigenvalue weighted by molar-refractivity contribution is -0.134. The standard InChI is InChI=1S/C16H36P.C2H4O2.H3P/c1-5-9-13-17(14-10-6-2,15-11-7-3)16-12-8-4;1-2(3)4;/h5-16H2,1-4H3;1H3,(H,3,4);1H3/q+1;;. The van der Waals surface area contributed by atoms with E-state index < -0.39 is 13.2 Å². The van der Waals surface area contributed by atoms with E-state index in [1.807, 2.05) is 0 Å². The average molecular weight is 353 g/mol. The number of hydrogen-bond donors (Lipinski definition) is 1. The van der Waals surface area contributed by atoms with Crippen LogP contribution in [0, 0.1) is 0 Å². The van der Waals surface area contributed by atoms with Gasteiger partial charge in [-0.25, -0.2) is 0 Å². The average Bonchev–Trinajstić information content (AvgIpc) is 2.45. The van der Waals surface area contributed by atoms with E-state index in [1.165, 1.54) is 51.4 Å². The van der Waals surface area contributed by atoms with Gasteiger partial charge in [0.1, 0.15) is 0 Å². The van der Waals surface area contributed by atoms with Crippen LogP contribution >= 0.6 is 17.2 Å². The summed E-state index contributed by atoms with van der Waals surface area (Å²) in [5.41, 5.74) is 0. The molecule has 0 heterocycles. The molecule has 0 aromatic rings. The van der Waals surface area contributed by atoms with Crippen molar-refractivity contribution in [3.05, 3.63) is 0 Å². The van der Waals surface area contributed by atoms with E-state index >= 15 is 0 Å². The van der Waals surface area contributed by atoms with Crippen LogP contribution in [0.3, 0.4) is 0 Å². The highest BCUT2D eigenvalue weighted by Gasteiger charge is 2.34. The third-order valence-electron chi connectivity index (χ3n) is 3.94. The van der Waals surface area contributed by atoms with Gasteiger partial charge in [0.2, 0.25) is 0 Å². The van der Waals surface area contributed by atoms with E-state index in [4.69, 9.17) is 9.90 Å². The van der Waals surface area contributed by atoms with E-state index in [9.17, 15) is 0 Å². The van der Waals surface area contributed by atoms with Crippen LogP contribution in [0.4, 0.5) is 0 Å². The van der Waals surface area contributed by atoms with Crippen LogP contribution in [0.1, 0.15) is 86.0 Å². The molecule has 0 rings (SSSR count). The quantitative estimate of drug-likeness (QED) is 0.415. The van der Waals surface area contributed by atoms with Crippen molar-refractivity contribution in [3.63, 3.8) is 0 Å². The van der Waals surface area contributed by atoms with Gasteiger partial charge in [0, 0.05) is 14.2 Å². The smallest absolute Gasteiger partial charge is 0.300 e. The van der Waals surface area contributed by atoms with Crippen molar-refractivity contribution >= 4 is 23.1 Å². The van der Waals surface area contributed by atoms with Gasteiger partial charge in [-0.2, -0.15) is 9.90 Å². The first-order valence-electron chi connectivity index (χ1n) is 9.02. The highest BCUT2D eigenvalue weighted by atomic mass is 31.2. The number of hydrogen-bond acceptors (Lipinski definition) is 1. The summed E-state index contributed by atoms with van der Waals surface area (Å²) in [6.45, 7) is 10.5. The van der Waals surface area contributed by atoms with Crippen LogP contribution in [-0.2, 0) is 4.79 Å². The minimum absolute atomic E-state index is 0. The highest BCUT2D eigenvalue weighted by Crippen LogP contribution is 2.61. The molecular weight excluding hydrogens is 310 g/mol. The molecule has 22 heavy (non-hydrogen) atoms. The number of carbonyl (C=O) groups is 1. The van der Waals surface area contributed by atoms with Gasteiger partial charge in [-0.15, -0.1) is 0 Å². The summed E-state index contributed by atoms with van der Waals surface area (Å²) in [7, 11) is -0.562. The largest absolute Gasteiger partial charge is 0.481 e. The number of aliphatic carboxylic acids is 1. The Morgan fingerprint density at radius 2 is 0.909 bits per heavy atom. The number of unbranched alkanes of at least 4 members (excludes halogenated alkanes) is 4. The lowest BCUT2D eigenvalue weighted by Crippen LogP contribution is -2.12. The minimum atomic E-state index is -0.833. The summed E-state index contributed by atoms with van der Waals surface area (Å²) >= 11 is 0. The van der Waals surface area contributed by atoms with E-state index in [1.54, 1.807) is 24.6 Å². The molecule has 2 nitrogen and oxygen atoms in total. The molecule has 0 aliphatic carbocycles. The van der Waals surface area contributed by atoms with Crippen LogP contribution in [0.15, 0.2) is 0 Å². The molecular formula is C18H43O2P2+. The second-order valence-electron chi connectivity index (χ2n) is 6.17. The van der Waals surface area contributed by atoms with Gasteiger partial charge in [0.15, 0.2) is 0 Å². The zero-order valence-corrected chi connectivity index (χ0v) is 18.3. The summed E-state index contributed by atoms with van der Waals surface area (Å²) in [4.78, 5) is 9.00. The Morgan fingerprint density at radius 1 is 0.727 bits per heavy atom. The predicted molar refractivity (Wildman–Crippen MR) is 110 cm³/mol. The molecule has 1 unspecified atom stereocenters. The summed E-state index contributed by atoms with van der Waals surface area (Å²) in [6, 6.07) is 0. The molecule has 0 saturated heterocycles. The Morgan fingerprint density at radius 3 is 1.05 bits per heavy atom. The predicted octanol–water partition coefficient (Wildman–Crippen LogP) is 6.35. The Labute approximate surface area is 144 Å². The zero-order chi connectivity index (χ0) is 16.6. The zero-order valence-electron chi connectivity index (χ0n) is 16.0. The first kappa shape index (κ1) is 27.2.